The number of nitrogens with one attached hydrogen (secondary N) is 1. The number of nitrogens with zero attached hydrogens (tertiary/aromatic N) is 3. The lowest BCUT2D eigenvalue weighted by Gasteiger charge is -2.08. The largest absolute Gasteiger partial charge is 0.486 e. The Hall–Kier alpha value is -2.22. The molecule has 9 heteroatoms. The van der Waals surface area contributed by atoms with Gasteiger partial charge in [0, 0.05) is 23.6 Å². The Morgan fingerprint density at radius 2 is 1.93 bits per heavy atom. The molecule has 1 amide bonds. The zero-order valence-corrected chi connectivity index (χ0v) is 18.3. The molecule has 3 rings (SSSR count). The van der Waals surface area contributed by atoms with E-state index in [-0.39, 0.29) is 18.3 Å². The van der Waals surface area contributed by atoms with Crippen molar-refractivity contribution < 1.29 is 9.53 Å². The maximum Gasteiger partial charge on any atom is 0.230 e. The number of rotatable bonds is 8. The van der Waals surface area contributed by atoms with Gasteiger partial charge >= 0.3 is 0 Å². The second kappa shape index (κ2) is 10.0. The molecule has 3 aromatic rings. The monoisotopic (exact) mass is 450 g/mol. The summed E-state index contributed by atoms with van der Waals surface area (Å²) in [5.74, 6) is 1.55. The summed E-state index contributed by atoms with van der Waals surface area (Å²) in [7, 11) is 1.85. The second-order valence-electron chi connectivity index (χ2n) is 6.35. The van der Waals surface area contributed by atoms with Crippen LogP contribution in [0.5, 0.6) is 5.75 Å². The lowest BCUT2D eigenvalue weighted by atomic mass is 10.2. The minimum absolute atomic E-state index is 0.0811. The third kappa shape index (κ3) is 6.13. The molecule has 0 saturated carbocycles. The predicted molar refractivity (Wildman–Crippen MR) is 116 cm³/mol. The van der Waals surface area contributed by atoms with Gasteiger partial charge in [0.25, 0.3) is 0 Å². The molecular formula is C20H20Cl2N4O2S. The van der Waals surface area contributed by atoms with Crippen molar-refractivity contribution in [2.45, 2.75) is 25.2 Å². The van der Waals surface area contributed by atoms with Gasteiger partial charge in [0.15, 0.2) is 11.0 Å². The fraction of sp³-hybridized carbons (Fsp3) is 0.250. The Balaban J connectivity index is 1.47. The van der Waals surface area contributed by atoms with Gasteiger partial charge in [-0.15, -0.1) is 10.2 Å². The third-order valence-electron chi connectivity index (χ3n) is 4.16. The number of aromatic nitrogens is 3. The van der Waals surface area contributed by atoms with Crippen LogP contribution in [-0.4, -0.2) is 26.4 Å². The Morgan fingerprint density at radius 1 is 1.17 bits per heavy atom. The van der Waals surface area contributed by atoms with Gasteiger partial charge in [-0.05, 0) is 48.4 Å². The first-order valence-corrected chi connectivity index (χ1v) is 10.6. The van der Waals surface area contributed by atoms with E-state index in [1.165, 1.54) is 11.8 Å². The van der Waals surface area contributed by atoms with Gasteiger partial charge in [0.2, 0.25) is 5.91 Å². The van der Waals surface area contributed by atoms with E-state index in [9.17, 15) is 4.79 Å². The van der Waals surface area contributed by atoms with Crippen LogP contribution < -0.4 is 10.1 Å². The maximum absolute atomic E-state index is 12.1. The van der Waals surface area contributed by atoms with Gasteiger partial charge in [0.05, 0.1) is 5.75 Å². The molecule has 0 aliphatic carbocycles. The Labute approximate surface area is 183 Å². The Morgan fingerprint density at radius 3 is 2.66 bits per heavy atom. The average Bonchev–Trinajstić information content (AvgIpc) is 3.06. The van der Waals surface area contributed by atoms with Crippen LogP contribution in [0.3, 0.4) is 0 Å². The van der Waals surface area contributed by atoms with Crippen LogP contribution in [0, 0.1) is 6.92 Å². The Bertz CT molecular complexity index is 993. The summed E-state index contributed by atoms with van der Waals surface area (Å²) >= 11 is 13.2. The number of thioether (sulfide) groups is 1. The molecule has 1 heterocycles. The molecule has 2 aromatic carbocycles. The number of halogens is 2. The molecule has 1 N–H and O–H groups in total. The van der Waals surface area contributed by atoms with Crippen LogP contribution >= 0.6 is 35.0 Å². The fourth-order valence-electron chi connectivity index (χ4n) is 2.44. The standard InChI is InChI=1S/C20H20Cl2N4O2S/c1-13-9-16(7-8-17(13)22)28-11-18-24-25-20(26(18)2)29-12-19(27)23-10-14-3-5-15(21)6-4-14/h3-9H,10-12H2,1-2H3,(H,23,27). The van der Waals surface area contributed by atoms with E-state index in [2.05, 4.69) is 15.5 Å². The zero-order chi connectivity index (χ0) is 20.8. The summed E-state index contributed by atoms with van der Waals surface area (Å²) < 4.78 is 7.58. The maximum atomic E-state index is 12.1. The van der Waals surface area contributed by atoms with Crippen molar-refractivity contribution in [3.8, 4) is 5.75 Å². The number of carbonyl (C=O) groups excluding carboxylic acids is 1. The first-order valence-electron chi connectivity index (χ1n) is 8.83. The number of aryl methyl sites for hydroxylation is 1. The molecule has 0 spiro atoms. The van der Waals surface area contributed by atoms with Crippen molar-refractivity contribution in [1.82, 2.24) is 20.1 Å². The zero-order valence-electron chi connectivity index (χ0n) is 16.0. The smallest absolute Gasteiger partial charge is 0.230 e. The molecule has 1 aromatic heterocycles. The number of hydrogen-bond acceptors (Lipinski definition) is 5. The summed E-state index contributed by atoms with van der Waals surface area (Å²) in [4.78, 5) is 12.1. The highest BCUT2D eigenvalue weighted by Gasteiger charge is 2.12. The summed E-state index contributed by atoms with van der Waals surface area (Å²) in [6, 6.07) is 12.8. The number of benzene rings is 2. The van der Waals surface area contributed by atoms with Crippen LogP contribution in [0.2, 0.25) is 10.0 Å². The first-order chi connectivity index (χ1) is 13.9. The summed E-state index contributed by atoms with van der Waals surface area (Å²) in [5, 5.41) is 13.2. The van der Waals surface area contributed by atoms with Gasteiger partial charge in [0.1, 0.15) is 12.4 Å². The summed E-state index contributed by atoms with van der Waals surface area (Å²) in [6.07, 6.45) is 0. The van der Waals surface area contributed by atoms with Gasteiger partial charge < -0.3 is 14.6 Å². The highest BCUT2D eigenvalue weighted by atomic mass is 35.5. The molecule has 0 fully saturated rings. The SMILES string of the molecule is Cc1cc(OCc2nnc(SCC(=O)NCc3ccc(Cl)cc3)n2C)ccc1Cl. The second-order valence-corrected chi connectivity index (χ2v) is 8.14. The predicted octanol–water partition coefficient (Wildman–Crippen LogP) is 4.42. The average molecular weight is 451 g/mol. The molecule has 0 radical (unpaired) electrons. The number of amides is 1. The van der Waals surface area contributed by atoms with E-state index >= 15 is 0 Å². The molecule has 152 valence electrons. The fourth-order valence-corrected chi connectivity index (χ4v) is 3.44. The van der Waals surface area contributed by atoms with Gasteiger partial charge in [-0.1, -0.05) is 47.1 Å². The van der Waals surface area contributed by atoms with E-state index in [0.717, 1.165) is 11.1 Å². The van der Waals surface area contributed by atoms with Gasteiger partial charge in [-0.3, -0.25) is 4.79 Å². The van der Waals surface area contributed by atoms with E-state index in [0.29, 0.717) is 33.3 Å². The quantitative estimate of drug-likeness (QED) is 0.514. The van der Waals surface area contributed by atoms with E-state index in [1.807, 2.05) is 42.8 Å². The van der Waals surface area contributed by atoms with Crippen molar-refractivity contribution in [2.75, 3.05) is 5.75 Å². The Kier molecular flexibility index (Phi) is 7.41. The number of carbonyl (C=O) groups is 1. The molecule has 6 nitrogen and oxygen atoms in total. The van der Waals surface area contributed by atoms with Crippen molar-refractivity contribution in [2.24, 2.45) is 7.05 Å². The molecule has 0 unspecified atom stereocenters. The molecule has 0 aliphatic heterocycles. The highest BCUT2D eigenvalue weighted by molar-refractivity contribution is 7.99. The number of ether oxygens (including phenoxy) is 1. The van der Waals surface area contributed by atoms with Crippen LogP contribution in [0.1, 0.15) is 17.0 Å². The first kappa shape index (κ1) is 21.5. The highest BCUT2D eigenvalue weighted by Crippen LogP contribution is 2.22. The molecule has 0 bridgehead atoms. The third-order valence-corrected chi connectivity index (χ3v) is 5.85. The van der Waals surface area contributed by atoms with E-state index in [4.69, 9.17) is 27.9 Å². The normalized spacial score (nSPS) is 10.8. The van der Waals surface area contributed by atoms with Crippen LogP contribution in [0.4, 0.5) is 0 Å². The summed E-state index contributed by atoms with van der Waals surface area (Å²) in [6.45, 7) is 2.65. The van der Waals surface area contributed by atoms with Crippen LogP contribution in [0.25, 0.3) is 0 Å². The summed E-state index contributed by atoms with van der Waals surface area (Å²) in [5.41, 5.74) is 1.94. The van der Waals surface area contributed by atoms with E-state index < -0.39 is 0 Å². The lowest BCUT2D eigenvalue weighted by molar-refractivity contribution is -0.118. The van der Waals surface area contributed by atoms with Crippen LogP contribution in [0.15, 0.2) is 47.6 Å². The molecule has 29 heavy (non-hydrogen) atoms. The van der Waals surface area contributed by atoms with E-state index in [1.54, 1.807) is 18.2 Å². The van der Waals surface area contributed by atoms with Crippen molar-refractivity contribution in [3.63, 3.8) is 0 Å². The minimum Gasteiger partial charge on any atom is -0.486 e. The number of hydrogen-bond donors (Lipinski definition) is 1. The molecule has 0 saturated heterocycles. The van der Waals surface area contributed by atoms with Crippen molar-refractivity contribution in [3.05, 3.63) is 69.5 Å². The topological polar surface area (TPSA) is 69.0 Å². The van der Waals surface area contributed by atoms with Crippen LogP contribution in [-0.2, 0) is 25.0 Å². The van der Waals surface area contributed by atoms with Gasteiger partial charge in [-0.2, -0.15) is 0 Å². The van der Waals surface area contributed by atoms with Crippen molar-refractivity contribution >= 4 is 40.9 Å². The molecule has 0 aliphatic rings. The molecular weight excluding hydrogens is 431 g/mol. The molecule has 0 atom stereocenters. The minimum atomic E-state index is -0.0811. The van der Waals surface area contributed by atoms with Crippen molar-refractivity contribution in [1.29, 1.82) is 0 Å². The lowest BCUT2D eigenvalue weighted by Crippen LogP contribution is -2.24. The van der Waals surface area contributed by atoms with Gasteiger partial charge in [-0.25, -0.2) is 0 Å².